The number of nitrogen functional groups attached to an aromatic ring is 1. The molecule has 0 aliphatic carbocycles. The molecule has 1 fully saturated rings. The Balaban J connectivity index is 1.91. The minimum absolute atomic E-state index is 0.714. The SMILES string of the molecule is CCc1c(NN)ncnc1NCC1CCN(CC)CC1. The van der Waals surface area contributed by atoms with E-state index in [2.05, 4.69) is 39.5 Å². The molecule has 0 saturated carbocycles. The number of nitrogens with zero attached hydrogens (tertiary/aromatic N) is 3. The zero-order chi connectivity index (χ0) is 14.4. The molecule has 1 aliphatic rings. The minimum atomic E-state index is 0.714. The molecule has 2 rings (SSSR count). The lowest BCUT2D eigenvalue weighted by atomic mass is 9.97. The second-order valence-corrected chi connectivity index (χ2v) is 5.31. The number of nitrogens with two attached hydrogens (primary N) is 1. The van der Waals surface area contributed by atoms with Crippen molar-refractivity contribution in [3.8, 4) is 0 Å². The van der Waals surface area contributed by atoms with Crippen LogP contribution in [0.2, 0.25) is 0 Å². The molecule has 1 aliphatic heterocycles. The van der Waals surface area contributed by atoms with Gasteiger partial charge in [0.15, 0.2) is 0 Å². The summed E-state index contributed by atoms with van der Waals surface area (Å²) in [6.07, 6.45) is 4.93. The van der Waals surface area contributed by atoms with Gasteiger partial charge in [0.25, 0.3) is 0 Å². The normalized spacial score (nSPS) is 17.1. The lowest BCUT2D eigenvalue weighted by molar-refractivity contribution is 0.198. The van der Waals surface area contributed by atoms with Crippen LogP contribution in [0.1, 0.15) is 32.3 Å². The summed E-state index contributed by atoms with van der Waals surface area (Å²) >= 11 is 0. The van der Waals surface area contributed by atoms with Crippen LogP contribution >= 0.6 is 0 Å². The quantitative estimate of drug-likeness (QED) is 0.540. The van der Waals surface area contributed by atoms with E-state index in [9.17, 15) is 0 Å². The number of aromatic nitrogens is 2. The van der Waals surface area contributed by atoms with E-state index >= 15 is 0 Å². The van der Waals surface area contributed by atoms with Crippen LogP contribution in [0, 0.1) is 5.92 Å². The minimum Gasteiger partial charge on any atom is -0.369 e. The zero-order valence-corrected chi connectivity index (χ0v) is 12.5. The molecule has 0 bridgehead atoms. The maximum Gasteiger partial charge on any atom is 0.148 e. The van der Waals surface area contributed by atoms with Crippen molar-refractivity contribution in [1.29, 1.82) is 0 Å². The maximum absolute atomic E-state index is 5.49. The molecule has 0 unspecified atom stereocenters. The van der Waals surface area contributed by atoms with E-state index in [1.807, 2.05) is 0 Å². The third kappa shape index (κ3) is 3.58. The van der Waals surface area contributed by atoms with E-state index in [0.29, 0.717) is 5.82 Å². The molecule has 0 amide bonds. The number of anilines is 2. The van der Waals surface area contributed by atoms with Gasteiger partial charge in [0.05, 0.1) is 0 Å². The lowest BCUT2D eigenvalue weighted by Crippen LogP contribution is -2.35. The van der Waals surface area contributed by atoms with E-state index in [4.69, 9.17) is 5.84 Å². The molecule has 0 spiro atoms. The summed E-state index contributed by atoms with van der Waals surface area (Å²) in [6, 6.07) is 0. The van der Waals surface area contributed by atoms with Crippen molar-refractivity contribution in [2.75, 3.05) is 36.9 Å². The predicted molar refractivity (Wildman–Crippen MR) is 82.5 cm³/mol. The monoisotopic (exact) mass is 278 g/mol. The summed E-state index contributed by atoms with van der Waals surface area (Å²) in [6.45, 7) is 8.88. The van der Waals surface area contributed by atoms with Crippen molar-refractivity contribution >= 4 is 11.6 Å². The Morgan fingerprint density at radius 1 is 1.25 bits per heavy atom. The van der Waals surface area contributed by atoms with Crippen molar-refractivity contribution in [2.24, 2.45) is 11.8 Å². The van der Waals surface area contributed by atoms with Crippen molar-refractivity contribution in [1.82, 2.24) is 14.9 Å². The summed E-state index contributed by atoms with van der Waals surface area (Å²) in [7, 11) is 0. The van der Waals surface area contributed by atoms with Crippen LogP contribution in [0.25, 0.3) is 0 Å². The van der Waals surface area contributed by atoms with Gasteiger partial charge in [-0.2, -0.15) is 0 Å². The molecule has 0 radical (unpaired) electrons. The highest BCUT2D eigenvalue weighted by Gasteiger charge is 2.18. The maximum atomic E-state index is 5.49. The fourth-order valence-corrected chi connectivity index (χ4v) is 2.77. The standard InChI is InChI=1S/C14H26N6/c1-3-12-13(17-10-18-14(12)19-15)16-9-11-5-7-20(4-2)8-6-11/h10-11H,3-9,15H2,1-2H3,(H2,16,17,18,19). The van der Waals surface area contributed by atoms with Gasteiger partial charge in [-0.05, 0) is 44.8 Å². The molecule has 2 heterocycles. The molecule has 112 valence electrons. The van der Waals surface area contributed by atoms with Gasteiger partial charge in [-0.25, -0.2) is 15.8 Å². The molecule has 1 saturated heterocycles. The fourth-order valence-electron chi connectivity index (χ4n) is 2.77. The van der Waals surface area contributed by atoms with Crippen LogP contribution in [0.5, 0.6) is 0 Å². The van der Waals surface area contributed by atoms with Crippen molar-refractivity contribution < 1.29 is 0 Å². The Bertz CT molecular complexity index is 414. The molecule has 1 aromatic heterocycles. The van der Waals surface area contributed by atoms with E-state index in [-0.39, 0.29) is 0 Å². The van der Waals surface area contributed by atoms with E-state index in [1.165, 1.54) is 25.9 Å². The zero-order valence-electron chi connectivity index (χ0n) is 12.5. The van der Waals surface area contributed by atoms with Gasteiger partial charge in [0, 0.05) is 12.1 Å². The Hall–Kier alpha value is -1.40. The van der Waals surface area contributed by atoms with Crippen LogP contribution < -0.4 is 16.6 Å². The summed E-state index contributed by atoms with van der Waals surface area (Å²) in [5.41, 5.74) is 3.70. The molecular weight excluding hydrogens is 252 g/mol. The molecule has 0 aromatic carbocycles. The topological polar surface area (TPSA) is 79.1 Å². The molecule has 6 heteroatoms. The average molecular weight is 278 g/mol. The highest BCUT2D eigenvalue weighted by Crippen LogP contribution is 2.22. The molecule has 20 heavy (non-hydrogen) atoms. The number of hydrogen-bond donors (Lipinski definition) is 3. The van der Waals surface area contributed by atoms with Crippen LogP contribution in [-0.4, -0.2) is 41.0 Å². The van der Waals surface area contributed by atoms with Crippen molar-refractivity contribution in [3.63, 3.8) is 0 Å². The molecule has 1 aromatic rings. The Kier molecular flexibility index (Phi) is 5.55. The van der Waals surface area contributed by atoms with Gasteiger partial charge >= 0.3 is 0 Å². The van der Waals surface area contributed by atoms with Gasteiger partial charge in [0.1, 0.15) is 18.0 Å². The summed E-state index contributed by atoms with van der Waals surface area (Å²) < 4.78 is 0. The molecule has 4 N–H and O–H groups in total. The lowest BCUT2D eigenvalue weighted by Gasteiger charge is -2.31. The first-order valence-electron chi connectivity index (χ1n) is 7.55. The number of rotatable bonds is 6. The summed E-state index contributed by atoms with van der Waals surface area (Å²) in [4.78, 5) is 11.0. The van der Waals surface area contributed by atoms with Gasteiger partial charge in [-0.1, -0.05) is 13.8 Å². The number of likely N-dealkylation sites (tertiary alicyclic amines) is 1. The first-order valence-corrected chi connectivity index (χ1v) is 7.55. The Morgan fingerprint density at radius 2 is 1.95 bits per heavy atom. The van der Waals surface area contributed by atoms with Gasteiger partial charge in [-0.3, -0.25) is 0 Å². The second-order valence-electron chi connectivity index (χ2n) is 5.31. The van der Waals surface area contributed by atoms with E-state index in [1.54, 1.807) is 6.33 Å². The summed E-state index contributed by atoms with van der Waals surface area (Å²) in [5, 5.41) is 3.48. The van der Waals surface area contributed by atoms with Gasteiger partial charge in [-0.15, -0.1) is 0 Å². The van der Waals surface area contributed by atoms with E-state index < -0.39 is 0 Å². The first-order chi connectivity index (χ1) is 9.78. The average Bonchev–Trinajstić information content (AvgIpc) is 2.52. The number of hydrazine groups is 1. The van der Waals surface area contributed by atoms with Crippen LogP contribution in [-0.2, 0) is 6.42 Å². The molecular formula is C14H26N6. The Morgan fingerprint density at radius 3 is 2.55 bits per heavy atom. The number of hydrogen-bond acceptors (Lipinski definition) is 6. The smallest absolute Gasteiger partial charge is 0.148 e. The van der Waals surface area contributed by atoms with Gasteiger partial charge < -0.3 is 15.6 Å². The van der Waals surface area contributed by atoms with Crippen molar-refractivity contribution in [2.45, 2.75) is 33.1 Å². The third-order valence-electron chi connectivity index (χ3n) is 4.15. The fraction of sp³-hybridized carbons (Fsp3) is 0.714. The third-order valence-corrected chi connectivity index (χ3v) is 4.15. The van der Waals surface area contributed by atoms with Gasteiger partial charge in [0.2, 0.25) is 0 Å². The predicted octanol–water partition coefficient (Wildman–Crippen LogP) is 1.47. The largest absolute Gasteiger partial charge is 0.369 e. The second kappa shape index (κ2) is 7.40. The highest BCUT2D eigenvalue weighted by molar-refractivity contribution is 5.56. The van der Waals surface area contributed by atoms with Crippen LogP contribution in [0.15, 0.2) is 6.33 Å². The number of piperidine rings is 1. The first kappa shape index (κ1) is 15.0. The highest BCUT2D eigenvalue weighted by atomic mass is 15.3. The molecule has 0 atom stereocenters. The van der Waals surface area contributed by atoms with Crippen molar-refractivity contribution in [3.05, 3.63) is 11.9 Å². The number of nitrogens with one attached hydrogen (secondary N) is 2. The van der Waals surface area contributed by atoms with E-state index in [0.717, 1.165) is 36.8 Å². The van der Waals surface area contributed by atoms with Crippen LogP contribution in [0.3, 0.4) is 0 Å². The summed E-state index contributed by atoms with van der Waals surface area (Å²) in [5.74, 6) is 7.84. The van der Waals surface area contributed by atoms with Crippen LogP contribution in [0.4, 0.5) is 11.6 Å². The molecule has 6 nitrogen and oxygen atoms in total. The Labute approximate surface area is 121 Å².